The number of halogens is 1. The van der Waals surface area contributed by atoms with E-state index in [1.165, 1.54) is 10.5 Å². The van der Waals surface area contributed by atoms with Crippen LogP contribution in [-0.2, 0) is 11.2 Å². The lowest BCUT2D eigenvalue weighted by atomic mass is 10.1. The molecule has 0 atom stereocenters. The van der Waals surface area contributed by atoms with Crippen molar-refractivity contribution in [3.05, 3.63) is 27.7 Å². The first-order chi connectivity index (χ1) is 10.8. The number of aromatic nitrogens is 1. The third-order valence-corrected chi connectivity index (χ3v) is 4.38. The highest BCUT2D eigenvalue weighted by Gasteiger charge is 2.04. The first kappa shape index (κ1) is 20.4. The standard InChI is InChI=1S/C16H26N4OS.HI/c1-3-17-16(18-8-4-14-6-10-21-11-7-14)19-9-5-15-20-12-13(2)22-15;/h6,12H,3-5,7-11H2,1-2H3,(H2,17,18,19);1H. The van der Waals surface area contributed by atoms with Crippen LogP contribution in [0.5, 0.6) is 0 Å². The molecule has 5 nitrogen and oxygen atoms in total. The molecule has 1 aliphatic rings. The van der Waals surface area contributed by atoms with Gasteiger partial charge in [0.05, 0.1) is 18.2 Å². The smallest absolute Gasteiger partial charge is 0.191 e. The lowest BCUT2D eigenvalue weighted by molar-refractivity contribution is 0.153. The summed E-state index contributed by atoms with van der Waals surface area (Å²) in [4.78, 5) is 10.2. The molecule has 23 heavy (non-hydrogen) atoms. The van der Waals surface area contributed by atoms with Crippen molar-refractivity contribution in [3.63, 3.8) is 0 Å². The van der Waals surface area contributed by atoms with Gasteiger partial charge >= 0.3 is 0 Å². The molecular formula is C16H27IN4OS. The van der Waals surface area contributed by atoms with Gasteiger partial charge in [-0.15, -0.1) is 35.3 Å². The maximum absolute atomic E-state index is 5.32. The van der Waals surface area contributed by atoms with Crippen LogP contribution in [0.3, 0.4) is 0 Å². The van der Waals surface area contributed by atoms with E-state index >= 15 is 0 Å². The van der Waals surface area contributed by atoms with Crippen molar-refractivity contribution in [2.45, 2.75) is 33.1 Å². The van der Waals surface area contributed by atoms with E-state index in [1.54, 1.807) is 11.3 Å². The number of hydrogen-bond donors (Lipinski definition) is 2. The number of thiazole rings is 1. The van der Waals surface area contributed by atoms with Gasteiger partial charge in [-0.1, -0.05) is 11.6 Å². The lowest BCUT2D eigenvalue weighted by Gasteiger charge is -2.15. The molecule has 1 aromatic rings. The monoisotopic (exact) mass is 450 g/mol. The molecule has 130 valence electrons. The van der Waals surface area contributed by atoms with Crippen molar-refractivity contribution < 1.29 is 4.74 Å². The van der Waals surface area contributed by atoms with Gasteiger partial charge in [0.1, 0.15) is 0 Å². The molecule has 2 rings (SSSR count). The number of hydrogen-bond acceptors (Lipinski definition) is 4. The van der Waals surface area contributed by atoms with Gasteiger partial charge in [-0.05, 0) is 26.7 Å². The fraction of sp³-hybridized carbons (Fsp3) is 0.625. The number of aryl methyl sites for hydroxylation is 1. The number of rotatable bonds is 7. The molecule has 0 unspecified atom stereocenters. The normalized spacial score (nSPS) is 14.9. The van der Waals surface area contributed by atoms with E-state index in [0.717, 1.165) is 63.1 Å². The van der Waals surface area contributed by atoms with E-state index in [0.29, 0.717) is 0 Å². The summed E-state index contributed by atoms with van der Waals surface area (Å²) >= 11 is 1.75. The van der Waals surface area contributed by atoms with Crippen LogP contribution in [0.2, 0.25) is 0 Å². The molecule has 1 aromatic heterocycles. The number of ether oxygens (including phenoxy) is 1. The van der Waals surface area contributed by atoms with Gasteiger partial charge in [0.2, 0.25) is 0 Å². The van der Waals surface area contributed by atoms with Crippen LogP contribution in [0, 0.1) is 6.92 Å². The molecule has 0 amide bonds. The summed E-state index contributed by atoms with van der Waals surface area (Å²) < 4.78 is 5.32. The Morgan fingerprint density at radius 1 is 1.39 bits per heavy atom. The quantitative estimate of drug-likeness (QED) is 0.290. The van der Waals surface area contributed by atoms with Gasteiger partial charge in [0.25, 0.3) is 0 Å². The third-order valence-electron chi connectivity index (χ3n) is 3.40. The number of nitrogens with one attached hydrogen (secondary N) is 2. The lowest BCUT2D eigenvalue weighted by Crippen LogP contribution is -2.38. The molecule has 0 saturated carbocycles. The molecule has 0 spiro atoms. The first-order valence-corrected chi connectivity index (χ1v) is 8.78. The number of aliphatic imine (C=N–C) groups is 1. The van der Waals surface area contributed by atoms with Crippen LogP contribution in [0.4, 0.5) is 0 Å². The highest BCUT2D eigenvalue weighted by atomic mass is 127. The second kappa shape index (κ2) is 11.8. The van der Waals surface area contributed by atoms with Crippen LogP contribution in [0.1, 0.15) is 29.7 Å². The van der Waals surface area contributed by atoms with Gasteiger partial charge in [0, 0.05) is 37.1 Å². The molecule has 2 N–H and O–H groups in total. The van der Waals surface area contributed by atoms with Crippen molar-refractivity contribution in [1.82, 2.24) is 15.6 Å². The van der Waals surface area contributed by atoms with Crippen LogP contribution < -0.4 is 10.6 Å². The molecule has 0 aromatic carbocycles. The Kier molecular flexibility index (Phi) is 10.5. The van der Waals surface area contributed by atoms with E-state index in [4.69, 9.17) is 4.74 Å². The number of nitrogens with zero attached hydrogens (tertiary/aromatic N) is 2. The molecule has 2 heterocycles. The summed E-state index contributed by atoms with van der Waals surface area (Å²) in [5.41, 5.74) is 1.48. The van der Waals surface area contributed by atoms with Crippen molar-refractivity contribution in [3.8, 4) is 0 Å². The molecule has 1 aliphatic heterocycles. The average molecular weight is 450 g/mol. The molecular weight excluding hydrogens is 423 g/mol. The van der Waals surface area contributed by atoms with Crippen molar-refractivity contribution in [2.75, 3.05) is 32.8 Å². The fourth-order valence-electron chi connectivity index (χ4n) is 2.26. The summed E-state index contributed by atoms with van der Waals surface area (Å²) in [6, 6.07) is 0. The molecule has 0 radical (unpaired) electrons. The number of guanidine groups is 1. The third kappa shape index (κ3) is 8.12. The Balaban J connectivity index is 0.00000264. The maximum Gasteiger partial charge on any atom is 0.191 e. The minimum absolute atomic E-state index is 0. The van der Waals surface area contributed by atoms with E-state index in [9.17, 15) is 0 Å². The fourth-order valence-corrected chi connectivity index (χ4v) is 3.03. The Hall–Kier alpha value is -0.670. The minimum atomic E-state index is 0. The summed E-state index contributed by atoms with van der Waals surface area (Å²) in [7, 11) is 0. The largest absolute Gasteiger partial charge is 0.377 e. The van der Waals surface area contributed by atoms with Crippen LogP contribution >= 0.6 is 35.3 Å². The summed E-state index contributed by atoms with van der Waals surface area (Å²) in [5, 5.41) is 7.85. The van der Waals surface area contributed by atoms with Crippen molar-refractivity contribution >= 4 is 41.3 Å². The SMILES string of the molecule is CCNC(=NCCc1ncc(C)s1)NCCC1=CCOCC1.I. The van der Waals surface area contributed by atoms with Gasteiger partial charge < -0.3 is 15.4 Å². The topological polar surface area (TPSA) is 58.5 Å². The van der Waals surface area contributed by atoms with Gasteiger partial charge in [-0.3, -0.25) is 4.99 Å². The predicted octanol–water partition coefficient (Wildman–Crippen LogP) is 2.90. The Bertz CT molecular complexity index is 516. The second-order valence-corrected chi connectivity index (χ2v) is 6.56. The van der Waals surface area contributed by atoms with E-state index in [-0.39, 0.29) is 24.0 Å². The average Bonchev–Trinajstić information content (AvgIpc) is 2.94. The van der Waals surface area contributed by atoms with Crippen molar-refractivity contribution in [1.29, 1.82) is 0 Å². The first-order valence-electron chi connectivity index (χ1n) is 7.97. The van der Waals surface area contributed by atoms with Crippen molar-refractivity contribution in [2.24, 2.45) is 4.99 Å². The Labute approximate surface area is 160 Å². The Morgan fingerprint density at radius 2 is 2.26 bits per heavy atom. The molecule has 7 heteroatoms. The second-order valence-electron chi connectivity index (χ2n) is 5.24. The zero-order chi connectivity index (χ0) is 15.6. The Morgan fingerprint density at radius 3 is 2.91 bits per heavy atom. The summed E-state index contributed by atoms with van der Waals surface area (Å²) in [6.45, 7) is 8.33. The summed E-state index contributed by atoms with van der Waals surface area (Å²) in [6.07, 6.45) is 7.13. The van der Waals surface area contributed by atoms with Gasteiger partial charge in [0.15, 0.2) is 5.96 Å². The van der Waals surface area contributed by atoms with E-state index < -0.39 is 0 Å². The summed E-state index contributed by atoms with van der Waals surface area (Å²) in [5.74, 6) is 0.892. The zero-order valence-electron chi connectivity index (χ0n) is 13.9. The maximum atomic E-state index is 5.32. The van der Waals surface area contributed by atoms with Gasteiger partial charge in [-0.2, -0.15) is 0 Å². The van der Waals surface area contributed by atoms with Gasteiger partial charge in [-0.25, -0.2) is 4.98 Å². The van der Waals surface area contributed by atoms with Crippen LogP contribution in [-0.4, -0.2) is 43.8 Å². The zero-order valence-corrected chi connectivity index (χ0v) is 17.1. The van der Waals surface area contributed by atoms with E-state index in [2.05, 4.69) is 40.5 Å². The molecule has 0 fully saturated rings. The van der Waals surface area contributed by atoms with Crippen LogP contribution in [0.25, 0.3) is 0 Å². The minimum Gasteiger partial charge on any atom is -0.377 e. The molecule has 0 bridgehead atoms. The molecule has 0 aliphatic carbocycles. The molecule has 0 saturated heterocycles. The highest BCUT2D eigenvalue weighted by molar-refractivity contribution is 14.0. The predicted molar refractivity (Wildman–Crippen MR) is 108 cm³/mol. The van der Waals surface area contributed by atoms with E-state index in [1.807, 2.05) is 6.20 Å². The highest BCUT2D eigenvalue weighted by Crippen LogP contribution is 2.12. The van der Waals surface area contributed by atoms with Crippen LogP contribution in [0.15, 0.2) is 22.8 Å².